The van der Waals surface area contributed by atoms with Gasteiger partial charge in [-0.15, -0.1) is 0 Å². The van der Waals surface area contributed by atoms with Crippen LogP contribution < -0.4 is 14.4 Å². The minimum absolute atomic E-state index is 0.272. The molecule has 144 valence electrons. The van der Waals surface area contributed by atoms with E-state index in [0.717, 1.165) is 6.92 Å². The van der Waals surface area contributed by atoms with Crippen LogP contribution in [0.3, 0.4) is 0 Å². The second-order valence-electron chi connectivity index (χ2n) is 8.13. The number of hydrogen-bond acceptors (Lipinski definition) is 2. The minimum atomic E-state index is -1.08. The van der Waals surface area contributed by atoms with Gasteiger partial charge in [0.05, 0.1) is 0 Å². The molecule has 0 unspecified atom stereocenters. The summed E-state index contributed by atoms with van der Waals surface area (Å²) in [7, 11) is -0.311. The maximum atomic E-state index is 8.89. The molecule has 2 nitrogen and oxygen atoms in total. The second-order valence-corrected chi connectivity index (χ2v) is 12.8. The Bertz CT molecular complexity index is 724. The van der Waals surface area contributed by atoms with Crippen molar-refractivity contribution in [3.63, 3.8) is 0 Å². The van der Waals surface area contributed by atoms with E-state index in [2.05, 4.69) is 109 Å². The summed E-state index contributed by atoms with van der Waals surface area (Å²) in [6.45, 7) is 15.2. The zero-order valence-corrected chi connectivity index (χ0v) is 19.1. The van der Waals surface area contributed by atoms with Gasteiger partial charge in [-0.2, -0.15) is 0 Å². The van der Waals surface area contributed by atoms with Gasteiger partial charge in [-0.1, -0.05) is 0 Å². The number of aliphatic carboxylic acids is 1. The summed E-state index contributed by atoms with van der Waals surface area (Å²) in [6, 6.07) is 17.5. The standard InChI is InChI=1S/C20H26P.C2H4O2.Pd/c1-19(2,3)21(20(4,5)6)18-15-11-10-14-17(18)16-12-8-7-9-13-16;1-2(3)4;/h7-12,14-15H,1-6H3;1H3,(H,3,4);/q;;+1/p-1. The number of hydrogen-bond donors (Lipinski definition) is 0. The van der Waals surface area contributed by atoms with Crippen molar-refractivity contribution in [3.05, 3.63) is 48.5 Å². The zero-order valence-electron chi connectivity index (χ0n) is 16.7. The zero-order chi connectivity index (χ0) is 20.1. The third-order valence-corrected chi connectivity index (χ3v) is 7.86. The molecule has 0 radical (unpaired) electrons. The van der Waals surface area contributed by atoms with E-state index in [-0.39, 0.29) is 18.2 Å². The van der Waals surface area contributed by atoms with Crippen LogP contribution in [0.4, 0.5) is 0 Å². The Labute approximate surface area is 170 Å². The Morgan fingerprint density at radius 3 is 1.65 bits per heavy atom. The number of carbonyl (C=O) groups excluding carboxylic acids is 1. The Morgan fingerprint density at radius 1 is 0.846 bits per heavy atom. The van der Waals surface area contributed by atoms with E-state index in [1.165, 1.54) is 20.5 Å². The fourth-order valence-corrected chi connectivity index (χ4v) is 7.90. The van der Waals surface area contributed by atoms with Gasteiger partial charge in [-0.25, -0.2) is 0 Å². The molecule has 0 aliphatic rings. The summed E-state index contributed by atoms with van der Waals surface area (Å²) >= 11 is 3.42. The van der Waals surface area contributed by atoms with Gasteiger partial charge in [-0.05, 0) is 6.92 Å². The number of benzene rings is 2. The van der Waals surface area contributed by atoms with Crippen LogP contribution in [-0.2, 0) is 24.0 Å². The Hall–Kier alpha value is -0.998. The van der Waals surface area contributed by atoms with Crippen molar-refractivity contribution in [3.8, 4) is 11.1 Å². The van der Waals surface area contributed by atoms with Crippen molar-refractivity contribution in [2.75, 3.05) is 0 Å². The van der Waals surface area contributed by atoms with Gasteiger partial charge < -0.3 is 9.90 Å². The molecule has 2 rings (SSSR count). The van der Waals surface area contributed by atoms with Crippen LogP contribution in [0.25, 0.3) is 11.1 Å². The van der Waals surface area contributed by atoms with Gasteiger partial charge in [0.2, 0.25) is 0 Å². The van der Waals surface area contributed by atoms with Crippen LogP contribution in [0.5, 0.6) is 0 Å². The van der Waals surface area contributed by atoms with E-state index >= 15 is 0 Å². The monoisotopic (exact) mass is 462 g/mol. The quantitative estimate of drug-likeness (QED) is 0.500. The molecule has 0 aliphatic carbocycles. The fourth-order valence-electron chi connectivity index (χ4n) is 3.29. The Morgan fingerprint density at radius 2 is 1.23 bits per heavy atom. The van der Waals surface area contributed by atoms with E-state index in [1.807, 2.05) is 0 Å². The summed E-state index contributed by atoms with van der Waals surface area (Å²) in [4.78, 5) is 8.89. The van der Waals surface area contributed by atoms with Crippen LogP contribution in [0, 0.1) is 0 Å². The van der Waals surface area contributed by atoms with Crippen molar-refractivity contribution >= 4 is 23.2 Å². The maximum absolute atomic E-state index is 8.89. The summed E-state index contributed by atoms with van der Waals surface area (Å²) in [5, 5.41) is 10.9. The molecule has 4 heteroatoms. The average Bonchev–Trinajstić information content (AvgIpc) is 2.45. The molecule has 0 amide bonds. The van der Waals surface area contributed by atoms with E-state index in [1.54, 1.807) is 0 Å². The molecule has 0 heterocycles. The number of carboxylic acids is 1. The van der Waals surface area contributed by atoms with Crippen LogP contribution >= 0.6 is 7.92 Å². The fraction of sp³-hybridized carbons (Fsp3) is 0.409. The molecule has 26 heavy (non-hydrogen) atoms. The van der Waals surface area contributed by atoms with E-state index in [4.69, 9.17) is 9.90 Å². The van der Waals surface area contributed by atoms with Gasteiger partial charge in [-0.3, -0.25) is 0 Å². The normalized spacial score (nSPS) is 11.8. The molecule has 0 fully saturated rings. The first kappa shape index (κ1) is 23.0. The molecule has 0 aromatic heterocycles. The van der Waals surface area contributed by atoms with Crippen LogP contribution in [0.2, 0.25) is 0 Å². The predicted octanol–water partition coefficient (Wildman–Crippen LogP) is 3.99. The van der Waals surface area contributed by atoms with Gasteiger partial charge in [0.15, 0.2) is 0 Å². The van der Waals surface area contributed by atoms with Crippen LogP contribution in [0.1, 0.15) is 48.5 Å². The molecule has 0 saturated carbocycles. The van der Waals surface area contributed by atoms with Crippen molar-refractivity contribution in [1.82, 2.24) is 0 Å². The summed E-state index contributed by atoms with van der Waals surface area (Å²) < 4.78 is 1.20. The Kier molecular flexibility index (Phi) is 8.22. The molecule has 2 aromatic rings. The van der Waals surface area contributed by atoms with Gasteiger partial charge >= 0.3 is 148 Å². The van der Waals surface area contributed by atoms with Gasteiger partial charge in [0.1, 0.15) is 0 Å². The molecule has 2 aromatic carbocycles. The summed E-state index contributed by atoms with van der Waals surface area (Å²) in [5.74, 6) is -1.08. The molecule has 0 atom stereocenters. The van der Waals surface area contributed by atoms with E-state index in [9.17, 15) is 0 Å². The first-order valence-electron chi connectivity index (χ1n) is 8.64. The number of carboxylic acid groups (broad SMARTS) is 1. The molecule has 0 bridgehead atoms. The van der Waals surface area contributed by atoms with Crippen molar-refractivity contribution in [2.24, 2.45) is 0 Å². The third-order valence-electron chi connectivity index (χ3n) is 3.62. The third kappa shape index (κ3) is 6.62. The molecule has 0 N–H and O–H groups in total. The first-order valence-corrected chi connectivity index (χ1v) is 10.8. The molecule has 0 aliphatic heterocycles. The molecular weight excluding hydrogens is 434 g/mol. The predicted molar refractivity (Wildman–Crippen MR) is 108 cm³/mol. The topological polar surface area (TPSA) is 40.1 Å². The van der Waals surface area contributed by atoms with E-state index in [0.29, 0.717) is 0 Å². The van der Waals surface area contributed by atoms with Crippen molar-refractivity contribution in [1.29, 1.82) is 0 Å². The van der Waals surface area contributed by atoms with Crippen LogP contribution in [0.15, 0.2) is 48.5 Å². The molecule has 0 saturated heterocycles. The second kappa shape index (κ2) is 9.28. The molecular formula is C22H29O2PPd. The van der Waals surface area contributed by atoms with Crippen molar-refractivity contribution in [2.45, 2.75) is 58.8 Å². The molecule has 0 spiro atoms. The number of rotatable bonds is 2. The van der Waals surface area contributed by atoms with Gasteiger partial charge in [0, 0.05) is 5.97 Å². The SMILES string of the molecule is CC(=O)[O-].CC(C)(C)P(c1ccccc1-c1cccc[c]1[Pd+])C(C)(C)C. The Balaban J connectivity index is 0.000000765. The van der Waals surface area contributed by atoms with E-state index < -0.39 is 5.97 Å². The summed E-state index contributed by atoms with van der Waals surface area (Å²) in [6.07, 6.45) is 0. The number of carbonyl (C=O) groups is 1. The van der Waals surface area contributed by atoms with Crippen molar-refractivity contribution < 1.29 is 29.1 Å². The average molecular weight is 463 g/mol. The summed E-state index contributed by atoms with van der Waals surface area (Å²) in [5.41, 5.74) is 2.68. The van der Waals surface area contributed by atoms with Crippen LogP contribution in [-0.4, -0.2) is 16.3 Å². The first-order chi connectivity index (χ1) is 11.9. The van der Waals surface area contributed by atoms with Gasteiger partial charge in [0.25, 0.3) is 0 Å².